The molecule has 1 fully saturated rings. The molecule has 152 valence electrons. The molecule has 2 aliphatic heterocycles. The molecule has 0 aromatic heterocycles. The van der Waals surface area contributed by atoms with Crippen molar-refractivity contribution in [2.75, 3.05) is 6.61 Å². The monoisotopic (exact) mass is 392 g/mol. The first kappa shape index (κ1) is 20.3. The zero-order valence-electron chi connectivity index (χ0n) is 16.5. The van der Waals surface area contributed by atoms with Gasteiger partial charge in [0.1, 0.15) is 11.4 Å². The van der Waals surface area contributed by atoms with Gasteiger partial charge in [-0.2, -0.15) is 0 Å². The summed E-state index contributed by atoms with van der Waals surface area (Å²) in [5.74, 6) is -1.18. The zero-order valence-corrected chi connectivity index (χ0v) is 16.5. The number of carbonyl (C=O) groups is 2. The SMILES string of the molecule is CC(C)(C)OC(=O)C1CC(NC(=O)[C@@]2(C)CC(c3cccc(F)c3)=NO2)CO1. The van der Waals surface area contributed by atoms with E-state index in [1.54, 1.807) is 39.8 Å². The molecule has 2 heterocycles. The first-order valence-electron chi connectivity index (χ1n) is 9.22. The number of esters is 1. The average molecular weight is 392 g/mol. The molecule has 1 aromatic carbocycles. The van der Waals surface area contributed by atoms with Crippen molar-refractivity contribution in [3.8, 4) is 0 Å². The number of hydrogen-bond acceptors (Lipinski definition) is 6. The highest BCUT2D eigenvalue weighted by Crippen LogP contribution is 2.28. The Labute approximate surface area is 163 Å². The van der Waals surface area contributed by atoms with Crippen LogP contribution in [0, 0.1) is 5.82 Å². The van der Waals surface area contributed by atoms with Crippen LogP contribution in [-0.4, -0.2) is 47.5 Å². The molecule has 1 amide bonds. The van der Waals surface area contributed by atoms with Gasteiger partial charge in [0.15, 0.2) is 6.10 Å². The number of benzene rings is 1. The van der Waals surface area contributed by atoms with Gasteiger partial charge in [-0.05, 0) is 39.8 Å². The van der Waals surface area contributed by atoms with E-state index in [4.69, 9.17) is 14.3 Å². The molecule has 0 radical (unpaired) electrons. The molecule has 0 bridgehead atoms. The van der Waals surface area contributed by atoms with Gasteiger partial charge in [0.25, 0.3) is 5.91 Å². The smallest absolute Gasteiger partial charge is 0.335 e. The van der Waals surface area contributed by atoms with E-state index < -0.39 is 23.3 Å². The number of halogens is 1. The second-order valence-electron chi connectivity index (χ2n) is 8.31. The molecule has 2 aliphatic rings. The van der Waals surface area contributed by atoms with E-state index >= 15 is 0 Å². The van der Waals surface area contributed by atoms with E-state index in [9.17, 15) is 14.0 Å². The van der Waals surface area contributed by atoms with Crippen LogP contribution in [-0.2, 0) is 23.9 Å². The average Bonchev–Trinajstić information content (AvgIpc) is 3.21. The highest BCUT2D eigenvalue weighted by Gasteiger charge is 2.44. The van der Waals surface area contributed by atoms with Crippen LogP contribution in [0.3, 0.4) is 0 Å². The maximum atomic E-state index is 13.4. The van der Waals surface area contributed by atoms with Crippen molar-refractivity contribution in [2.24, 2.45) is 5.16 Å². The summed E-state index contributed by atoms with van der Waals surface area (Å²) in [4.78, 5) is 30.2. The molecule has 7 nitrogen and oxygen atoms in total. The predicted molar refractivity (Wildman–Crippen MR) is 99.2 cm³/mol. The van der Waals surface area contributed by atoms with Crippen LogP contribution in [0.5, 0.6) is 0 Å². The zero-order chi connectivity index (χ0) is 20.5. The number of nitrogens with one attached hydrogen (secondary N) is 1. The number of carbonyl (C=O) groups excluding carboxylic acids is 2. The number of nitrogens with zero attached hydrogens (tertiary/aromatic N) is 1. The second kappa shape index (κ2) is 7.50. The minimum atomic E-state index is -1.20. The van der Waals surface area contributed by atoms with Gasteiger partial charge in [-0.15, -0.1) is 0 Å². The predicted octanol–water partition coefficient (Wildman–Crippen LogP) is 2.32. The molecule has 3 atom stereocenters. The standard InChI is InChI=1S/C20H25FN2O5/c1-19(2,3)27-17(24)16-9-14(11-26-16)22-18(25)20(4)10-15(23-28-20)12-6-5-7-13(21)8-12/h5-8,14,16H,9-11H2,1-4H3,(H,22,25)/t14?,16?,20-/m1/s1. The molecule has 28 heavy (non-hydrogen) atoms. The quantitative estimate of drug-likeness (QED) is 0.795. The summed E-state index contributed by atoms with van der Waals surface area (Å²) in [6.45, 7) is 7.19. The lowest BCUT2D eigenvalue weighted by atomic mass is 9.94. The van der Waals surface area contributed by atoms with Crippen molar-refractivity contribution in [1.29, 1.82) is 0 Å². The van der Waals surface area contributed by atoms with Crippen molar-refractivity contribution >= 4 is 17.6 Å². The van der Waals surface area contributed by atoms with Crippen LogP contribution in [0.1, 0.15) is 46.1 Å². The van der Waals surface area contributed by atoms with Crippen LogP contribution >= 0.6 is 0 Å². The van der Waals surface area contributed by atoms with Gasteiger partial charge in [0.2, 0.25) is 5.60 Å². The summed E-state index contributed by atoms with van der Waals surface area (Å²) in [7, 11) is 0. The van der Waals surface area contributed by atoms with E-state index in [1.807, 2.05) is 0 Å². The molecular weight excluding hydrogens is 367 g/mol. The van der Waals surface area contributed by atoms with Crippen LogP contribution < -0.4 is 5.32 Å². The highest BCUT2D eigenvalue weighted by molar-refractivity contribution is 6.05. The maximum absolute atomic E-state index is 13.4. The van der Waals surface area contributed by atoms with Crippen LogP contribution in [0.4, 0.5) is 4.39 Å². The molecular formula is C20H25FN2O5. The summed E-state index contributed by atoms with van der Waals surface area (Å²) in [5, 5.41) is 6.81. The van der Waals surface area contributed by atoms with Gasteiger partial charge in [0.05, 0.1) is 18.4 Å². The number of hydrogen-bond donors (Lipinski definition) is 1. The fraction of sp³-hybridized carbons (Fsp3) is 0.550. The highest BCUT2D eigenvalue weighted by atomic mass is 19.1. The number of oxime groups is 1. The summed E-state index contributed by atoms with van der Waals surface area (Å²) in [5.41, 5.74) is -0.722. The van der Waals surface area contributed by atoms with Crippen molar-refractivity contribution < 1.29 is 28.3 Å². The Morgan fingerprint density at radius 3 is 2.79 bits per heavy atom. The van der Waals surface area contributed by atoms with Crippen molar-refractivity contribution in [2.45, 2.75) is 63.9 Å². The lowest BCUT2D eigenvalue weighted by Crippen LogP contribution is -2.49. The van der Waals surface area contributed by atoms with E-state index in [0.29, 0.717) is 17.7 Å². The fourth-order valence-electron chi connectivity index (χ4n) is 3.08. The van der Waals surface area contributed by atoms with Crippen LogP contribution in [0.2, 0.25) is 0 Å². The third kappa shape index (κ3) is 4.67. The van der Waals surface area contributed by atoms with Crippen molar-refractivity contribution in [3.05, 3.63) is 35.6 Å². The topological polar surface area (TPSA) is 86.2 Å². The van der Waals surface area contributed by atoms with E-state index in [2.05, 4.69) is 10.5 Å². The molecule has 1 saturated heterocycles. The first-order chi connectivity index (χ1) is 13.1. The number of ether oxygens (including phenoxy) is 2. The Balaban J connectivity index is 1.55. The van der Waals surface area contributed by atoms with Gasteiger partial charge in [-0.3, -0.25) is 4.79 Å². The normalized spacial score (nSPS) is 27.1. The molecule has 1 N–H and O–H groups in total. The van der Waals surface area contributed by atoms with E-state index in [0.717, 1.165) is 0 Å². The third-order valence-corrected chi connectivity index (χ3v) is 4.50. The summed E-state index contributed by atoms with van der Waals surface area (Å²) in [6, 6.07) is 5.65. The Kier molecular flexibility index (Phi) is 5.43. The minimum absolute atomic E-state index is 0.212. The molecule has 2 unspecified atom stereocenters. The van der Waals surface area contributed by atoms with Gasteiger partial charge in [-0.1, -0.05) is 17.3 Å². The van der Waals surface area contributed by atoms with Crippen molar-refractivity contribution in [3.63, 3.8) is 0 Å². The third-order valence-electron chi connectivity index (χ3n) is 4.50. The molecule has 0 saturated carbocycles. The van der Waals surface area contributed by atoms with Crippen molar-refractivity contribution in [1.82, 2.24) is 5.32 Å². The first-order valence-corrected chi connectivity index (χ1v) is 9.22. The van der Waals surface area contributed by atoms with Gasteiger partial charge < -0.3 is 19.6 Å². The van der Waals surface area contributed by atoms with Gasteiger partial charge >= 0.3 is 5.97 Å². The van der Waals surface area contributed by atoms with Crippen LogP contribution in [0.15, 0.2) is 29.4 Å². The summed E-state index contributed by atoms with van der Waals surface area (Å²) < 4.78 is 24.2. The molecule has 3 rings (SSSR count). The van der Waals surface area contributed by atoms with E-state index in [-0.39, 0.29) is 30.8 Å². The maximum Gasteiger partial charge on any atom is 0.335 e. The Morgan fingerprint density at radius 1 is 1.36 bits per heavy atom. The summed E-state index contributed by atoms with van der Waals surface area (Å²) >= 11 is 0. The second-order valence-corrected chi connectivity index (χ2v) is 8.31. The molecule has 0 spiro atoms. The number of rotatable bonds is 4. The number of amides is 1. The van der Waals surface area contributed by atoms with Crippen LogP contribution in [0.25, 0.3) is 0 Å². The molecule has 1 aromatic rings. The lowest BCUT2D eigenvalue weighted by Gasteiger charge is -2.23. The molecule has 0 aliphatic carbocycles. The largest absolute Gasteiger partial charge is 0.458 e. The fourth-order valence-corrected chi connectivity index (χ4v) is 3.08. The lowest BCUT2D eigenvalue weighted by molar-refractivity contribution is -0.165. The van der Waals surface area contributed by atoms with E-state index in [1.165, 1.54) is 12.1 Å². The Morgan fingerprint density at radius 2 is 2.11 bits per heavy atom. The minimum Gasteiger partial charge on any atom is -0.458 e. The Bertz CT molecular complexity index is 804. The van der Waals surface area contributed by atoms with Gasteiger partial charge in [-0.25, -0.2) is 9.18 Å². The molecule has 8 heteroatoms. The summed E-state index contributed by atoms with van der Waals surface area (Å²) in [6.07, 6.45) is -0.166. The van der Waals surface area contributed by atoms with Gasteiger partial charge in [0, 0.05) is 18.4 Å². The Hall–Kier alpha value is -2.48.